The van der Waals surface area contributed by atoms with E-state index in [1.165, 1.54) is 15.9 Å². The third kappa shape index (κ3) is 4.07. The highest BCUT2D eigenvalue weighted by Crippen LogP contribution is 2.55. The van der Waals surface area contributed by atoms with Crippen LogP contribution in [0, 0.1) is 0 Å². The number of carbonyl (C=O) groups excluding carboxylic acids is 1. The van der Waals surface area contributed by atoms with Crippen molar-refractivity contribution in [1.29, 1.82) is 0 Å². The van der Waals surface area contributed by atoms with E-state index in [1.807, 2.05) is 54.6 Å². The van der Waals surface area contributed by atoms with Gasteiger partial charge in [-0.1, -0.05) is 77.8 Å². The van der Waals surface area contributed by atoms with E-state index < -0.39 is 7.26 Å². The minimum absolute atomic E-state index is 0.0153. The van der Waals surface area contributed by atoms with E-state index in [1.54, 1.807) is 18.2 Å². The number of ketones is 1. The Kier molecular flexibility index (Phi) is 6.35. The number of halogens is 2. The lowest BCUT2D eigenvalue weighted by Gasteiger charge is -2.27. The summed E-state index contributed by atoms with van der Waals surface area (Å²) in [6, 6.07) is 36.1. The second-order valence-electron chi connectivity index (χ2n) is 7.02. The van der Waals surface area contributed by atoms with Crippen molar-refractivity contribution >= 4 is 52.2 Å². The maximum Gasteiger partial charge on any atom is 0.202 e. The molecule has 0 aliphatic rings. The van der Waals surface area contributed by atoms with Gasteiger partial charge in [-0.25, -0.2) is 0 Å². The zero-order chi connectivity index (χ0) is 21.0. The molecule has 0 spiro atoms. The third-order valence-electron chi connectivity index (χ3n) is 5.20. The predicted molar refractivity (Wildman–Crippen MR) is 131 cm³/mol. The molecule has 0 N–H and O–H groups in total. The van der Waals surface area contributed by atoms with Crippen molar-refractivity contribution < 1.29 is 4.79 Å². The Hall–Kier alpha value is -2.44. The molecule has 0 atom stereocenters. The molecule has 0 saturated carbocycles. The molecule has 0 amide bonds. The van der Waals surface area contributed by atoms with Crippen LogP contribution < -0.4 is 15.9 Å². The highest BCUT2D eigenvalue weighted by Gasteiger charge is 2.47. The Labute approximate surface area is 187 Å². The maximum atomic E-state index is 13.6. The third-order valence-corrected chi connectivity index (χ3v) is 10.1. The normalized spacial score (nSPS) is 11.3. The molecule has 0 aromatic heterocycles. The predicted octanol–water partition coefficient (Wildman–Crippen LogP) is 6.17. The number of hydrogen-bond donors (Lipinski definition) is 0. The summed E-state index contributed by atoms with van der Waals surface area (Å²) in [5.74, 6) is 0.0153. The molecule has 0 aliphatic carbocycles. The van der Waals surface area contributed by atoms with Crippen LogP contribution in [0.15, 0.2) is 109 Å². The van der Waals surface area contributed by atoms with Crippen molar-refractivity contribution in [3.05, 3.63) is 125 Å². The molecule has 0 radical (unpaired) electrons. The van der Waals surface area contributed by atoms with Gasteiger partial charge in [0.15, 0.2) is 0 Å². The molecule has 1 nitrogen and oxygen atoms in total. The smallest absolute Gasteiger partial charge is 0.202 e. The fraction of sp³-hybridized carbons (Fsp3) is 0.0385. The van der Waals surface area contributed by atoms with Crippen LogP contribution >= 0.6 is 30.5 Å². The molecule has 4 heteroatoms. The number of carbonyl (C=O) groups is 1. The van der Waals surface area contributed by atoms with Crippen LogP contribution in [-0.4, -0.2) is 11.9 Å². The van der Waals surface area contributed by atoms with E-state index >= 15 is 0 Å². The van der Waals surface area contributed by atoms with Gasteiger partial charge in [0.05, 0.1) is 5.02 Å². The van der Waals surface area contributed by atoms with Gasteiger partial charge in [-0.15, -0.1) is 0 Å². The molecule has 0 aliphatic heterocycles. The van der Waals surface area contributed by atoms with Crippen LogP contribution in [0.4, 0.5) is 0 Å². The summed E-state index contributed by atoms with van der Waals surface area (Å²) < 4.78 is 0. The minimum atomic E-state index is -2.25. The van der Waals surface area contributed by atoms with Crippen LogP contribution in [0.25, 0.3) is 0 Å². The lowest BCUT2D eigenvalue weighted by atomic mass is 10.1. The van der Waals surface area contributed by atoms with Crippen molar-refractivity contribution in [3.8, 4) is 0 Å². The second kappa shape index (κ2) is 9.14. The first-order chi connectivity index (χ1) is 14.6. The Morgan fingerprint density at radius 2 is 1.07 bits per heavy atom. The average Bonchev–Trinajstić information content (AvgIpc) is 2.79. The number of Topliss-reactive ketones (excluding diaryl/α,β-unsaturated/α-hetero) is 1. The Bertz CT molecular complexity index is 1050. The molecule has 0 unspecified atom stereocenters. The molecule has 0 fully saturated rings. The zero-order valence-electron chi connectivity index (χ0n) is 16.2. The minimum Gasteiger partial charge on any atom is -0.290 e. The number of rotatable bonds is 6. The van der Waals surface area contributed by atoms with Gasteiger partial charge < -0.3 is 0 Å². The molecule has 4 aromatic carbocycles. The average molecular weight is 450 g/mol. The lowest BCUT2D eigenvalue weighted by molar-refractivity contribution is 0.102. The fourth-order valence-corrected chi connectivity index (χ4v) is 8.39. The zero-order valence-corrected chi connectivity index (χ0v) is 18.6. The Balaban J connectivity index is 1.94. The van der Waals surface area contributed by atoms with Gasteiger partial charge in [-0.05, 0) is 54.6 Å². The van der Waals surface area contributed by atoms with Gasteiger partial charge in [-0.2, -0.15) is 0 Å². The van der Waals surface area contributed by atoms with E-state index in [0.29, 0.717) is 21.8 Å². The summed E-state index contributed by atoms with van der Waals surface area (Å²) in [4.78, 5) is 13.6. The van der Waals surface area contributed by atoms with E-state index in [9.17, 15) is 4.79 Å². The highest BCUT2D eigenvalue weighted by atomic mass is 35.5. The van der Waals surface area contributed by atoms with Crippen molar-refractivity contribution in [2.45, 2.75) is 0 Å². The van der Waals surface area contributed by atoms with Crippen LogP contribution in [0.5, 0.6) is 0 Å². The van der Waals surface area contributed by atoms with E-state index in [-0.39, 0.29) is 5.78 Å². The van der Waals surface area contributed by atoms with Gasteiger partial charge in [-0.3, -0.25) is 4.79 Å². The van der Waals surface area contributed by atoms with Crippen molar-refractivity contribution in [3.63, 3.8) is 0 Å². The van der Waals surface area contributed by atoms with E-state index in [2.05, 4.69) is 36.4 Å². The van der Waals surface area contributed by atoms with Gasteiger partial charge >= 0.3 is 0 Å². The molecule has 4 rings (SSSR count). The first kappa shape index (κ1) is 20.8. The topological polar surface area (TPSA) is 17.1 Å². The summed E-state index contributed by atoms with van der Waals surface area (Å²) in [5.41, 5.74) is 0.508. The van der Waals surface area contributed by atoms with Crippen LogP contribution in [0.2, 0.25) is 10.0 Å². The summed E-state index contributed by atoms with van der Waals surface area (Å²) >= 11 is 12.5. The molecular weight excluding hydrogens is 430 g/mol. The molecule has 4 aromatic rings. The molecule has 148 valence electrons. The highest BCUT2D eigenvalue weighted by molar-refractivity contribution is 7.96. The van der Waals surface area contributed by atoms with Crippen molar-refractivity contribution in [2.24, 2.45) is 0 Å². The van der Waals surface area contributed by atoms with Gasteiger partial charge in [0.25, 0.3) is 0 Å². The monoisotopic (exact) mass is 449 g/mol. The van der Waals surface area contributed by atoms with Crippen LogP contribution in [-0.2, 0) is 0 Å². The van der Waals surface area contributed by atoms with Crippen molar-refractivity contribution in [2.75, 3.05) is 6.16 Å². The number of benzene rings is 4. The SMILES string of the molecule is O=C(C[P+](c1ccccc1)(c1ccccc1)c1ccccc1)c1ccc(Cl)cc1Cl. The molecular formula is C26H20Cl2OP+. The molecule has 30 heavy (non-hydrogen) atoms. The molecule has 0 saturated heterocycles. The lowest BCUT2D eigenvalue weighted by Crippen LogP contribution is -2.35. The van der Waals surface area contributed by atoms with E-state index in [0.717, 1.165) is 0 Å². The quantitative estimate of drug-likeness (QED) is 0.254. The van der Waals surface area contributed by atoms with Crippen LogP contribution in [0.3, 0.4) is 0 Å². The summed E-state index contributed by atoms with van der Waals surface area (Å²) in [7, 11) is -2.25. The van der Waals surface area contributed by atoms with Gasteiger partial charge in [0.2, 0.25) is 5.78 Å². The standard InChI is InChI=1S/C26H20Cl2OP/c27-20-16-17-24(25(28)18-20)26(29)19-30(21-10-4-1-5-11-21,22-12-6-2-7-13-22)23-14-8-3-9-15-23/h1-18H,19H2/q+1. The van der Waals surface area contributed by atoms with E-state index in [4.69, 9.17) is 23.2 Å². The Morgan fingerprint density at radius 3 is 1.47 bits per heavy atom. The molecule has 0 bridgehead atoms. The largest absolute Gasteiger partial charge is 0.290 e. The summed E-state index contributed by atoms with van der Waals surface area (Å²) in [6.07, 6.45) is 0.354. The fourth-order valence-electron chi connectivity index (χ4n) is 3.78. The van der Waals surface area contributed by atoms with Crippen LogP contribution in [0.1, 0.15) is 10.4 Å². The summed E-state index contributed by atoms with van der Waals surface area (Å²) in [6.45, 7) is 0. The van der Waals surface area contributed by atoms with Crippen molar-refractivity contribution in [1.82, 2.24) is 0 Å². The van der Waals surface area contributed by atoms with Gasteiger partial charge in [0, 0.05) is 10.6 Å². The Morgan fingerprint density at radius 1 is 0.633 bits per heavy atom. The number of hydrogen-bond acceptors (Lipinski definition) is 1. The molecule has 0 heterocycles. The first-order valence-electron chi connectivity index (χ1n) is 9.64. The maximum absolute atomic E-state index is 13.6. The summed E-state index contributed by atoms with van der Waals surface area (Å²) in [5, 5.41) is 4.41. The van der Waals surface area contributed by atoms with Gasteiger partial charge in [0.1, 0.15) is 29.3 Å². The first-order valence-corrected chi connectivity index (χ1v) is 12.4. The second-order valence-corrected chi connectivity index (χ2v) is 11.4.